The normalized spacial score (nSPS) is 11.2. The van der Waals surface area contributed by atoms with Gasteiger partial charge in [0.25, 0.3) is 5.56 Å². The second-order valence-electron chi connectivity index (χ2n) is 6.37. The maximum Gasteiger partial charge on any atom is 0.268 e. The van der Waals surface area contributed by atoms with Crippen LogP contribution in [-0.2, 0) is 4.74 Å². The lowest BCUT2D eigenvalue weighted by molar-refractivity contribution is 0.146. The minimum absolute atomic E-state index is 0.0115. The second-order valence-corrected chi connectivity index (χ2v) is 6.37. The van der Waals surface area contributed by atoms with Gasteiger partial charge in [0.2, 0.25) is 0 Å². The highest BCUT2D eigenvalue weighted by Gasteiger charge is 2.20. The van der Waals surface area contributed by atoms with Gasteiger partial charge >= 0.3 is 0 Å². The highest BCUT2D eigenvalue weighted by molar-refractivity contribution is 5.97. The molecule has 0 aliphatic heterocycles. The summed E-state index contributed by atoms with van der Waals surface area (Å²) in [5.74, 6) is -1.34. The average Bonchev–Trinajstić information content (AvgIpc) is 3.12. The van der Waals surface area contributed by atoms with Crippen LogP contribution in [0.5, 0.6) is 5.75 Å². The Morgan fingerprint density at radius 1 is 1.17 bits per heavy atom. The number of anilines is 1. The number of benzene rings is 1. The van der Waals surface area contributed by atoms with Crippen LogP contribution in [0.25, 0.3) is 27.8 Å². The molecule has 8 nitrogen and oxygen atoms in total. The van der Waals surface area contributed by atoms with Gasteiger partial charge in [-0.2, -0.15) is 5.10 Å². The number of aromatic amines is 1. The third kappa shape index (κ3) is 3.37. The third-order valence-electron chi connectivity index (χ3n) is 4.50. The van der Waals surface area contributed by atoms with E-state index in [0.717, 1.165) is 16.7 Å². The topological polar surface area (TPSA) is 108 Å². The monoisotopic (exact) mass is 413 g/mol. The Balaban J connectivity index is 1.89. The van der Waals surface area contributed by atoms with Gasteiger partial charge in [0.1, 0.15) is 35.1 Å². The summed E-state index contributed by atoms with van der Waals surface area (Å²) in [6, 6.07) is 6.69. The summed E-state index contributed by atoms with van der Waals surface area (Å²) in [7, 11) is 1.57. The molecule has 0 saturated heterocycles. The first-order chi connectivity index (χ1) is 14.5. The van der Waals surface area contributed by atoms with Crippen molar-refractivity contribution in [2.75, 3.05) is 26.1 Å². The first-order valence-electron chi connectivity index (χ1n) is 8.93. The Bertz CT molecular complexity index is 1250. The van der Waals surface area contributed by atoms with Crippen LogP contribution in [0, 0.1) is 11.6 Å². The number of methoxy groups -OCH3 is 1. The number of H-pyrrole nitrogens is 1. The molecule has 0 aliphatic rings. The molecule has 3 heterocycles. The molecular weight excluding hydrogens is 396 g/mol. The predicted molar refractivity (Wildman–Crippen MR) is 107 cm³/mol. The molecular formula is C20H17F2N5O3. The zero-order chi connectivity index (χ0) is 21.3. The van der Waals surface area contributed by atoms with Crippen LogP contribution >= 0.6 is 0 Å². The van der Waals surface area contributed by atoms with E-state index < -0.39 is 22.9 Å². The molecule has 0 radical (unpaired) electrons. The van der Waals surface area contributed by atoms with Crippen LogP contribution in [0.2, 0.25) is 0 Å². The zero-order valence-electron chi connectivity index (χ0n) is 15.9. The zero-order valence-corrected chi connectivity index (χ0v) is 15.9. The van der Waals surface area contributed by atoms with Crippen LogP contribution in [0.1, 0.15) is 0 Å². The van der Waals surface area contributed by atoms with Crippen molar-refractivity contribution in [3.63, 3.8) is 0 Å². The molecule has 0 fully saturated rings. The molecule has 4 aromatic rings. The number of nitrogen functional groups attached to an aromatic ring is 1. The number of fused-ring (bicyclic) bond motifs is 1. The molecule has 0 amide bonds. The van der Waals surface area contributed by atoms with E-state index >= 15 is 0 Å². The molecule has 0 saturated carbocycles. The summed E-state index contributed by atoms with van der Waals surface area (Å²) in [5.41, 5.74) is 5.75. The molecule has 0 aliphatic carbocycles. The number of nitrogens with zero attached hydrogens (tertiary/aromatic N) is 3. The lowest BCUT2D eigenvalue weighted by atomic mass is 10.1. The number of ether oxygens (including phenoxy) is 2. The highest BCUT2D eigenvalue weighted by atomic mass is 19.1. The Kier molecular flexibility index (Phi) is 5.15. The quantitative estimate of drug-likeness (QED) is 0.471. The number of hydrogen-bond acceptors (Lipinski definition) is 6. The average molecular weight is 413 g/mol. The Labute approximate surface area is 168 Å². The number of para-hydroxylation sites is 1. The molecule has 1 aromatic carbocycles. The van der Waals surface area contributed by atoms with E-state index in [2.05, 4.69) is 15.2 Å². The van der Waals surface area contributed by atoms with Gasteiger partial charge in [0.05, 0.1) is 24.0 Å². The van der Waals surface area contributed by atoms with Gasteiger partial charge in [0, 0.05) is 18.9 Å². The van der Waals surface area contributed by atoms with Gasteiger partial charge in [-0.15, -0.1) is 0 Å². The number of nitrogens with one attached hydrogen (secondary N) is 1. The fraction of sp³-hybridized carbons (Fsp3) is 0.150. The first kappa shape index (κ1) is 19.5. The molecule has 0 atom stereocenters. The molecule has 4 rings (SSSR count). The van der Waals surface area contributed by atoms with Crippen LogP contribution in [0.4, 0.5) is 14.6 Å². The number of pyridine rings is 2. The maximum absolute atomic E-state index is 14.4. The van der Waals surface area contributed by atoms with Gasteiger partial charge in [-0.1, -0.05) is 6.07 Å². The van der Waals surface area contributed by atoms with Gasteiger partial charge in [-0.25, -0.2) is 8.78 Å². The SMILES string of the molecule is COCCOc1ccc(-c2cn(-c3c(F)cccc3F)c(=O)c3c(N)n[nH]c23)nc1. The molecule has 10 heteroatoms. The molecule has 3 aromatic heterocycles. The van der Waals surface area contributed by atoms with Gasteiger partial charge < -0.3 is 15.2 Å². The smallest absolute Gasteiger partial charge is 0.268 e. The summed E-state index contributed by atoms with van der Waals surface area (Å²) < 4.78 is 40.1. The van der Waals surface area contributed by atoms with E-state index in [4.69, 9.17) is 15.2 Å². The number of rotatable bonds is 6. The minimum atomic E-state index is -0.890. The molecule has 3 N–H and O–H groups in total. The van der Waals surface area contributed by atoms with Crippen LogP contribution in [0.3, 0.4) is 0 Å². The van der Waals surface area contributed by atoms with Crippen molar-refractivity contribution in [2.45, 2.75) is 0 Å². The van der Waals surface area contributed by atoms with Crippen LogP contribution in [0.15, 0.2) is 47.5 Å². The van der Waals surface area contributed by atoms with E-state index in [9.17, 15) is 13.6 Å². The van der Waals surface area contributed by atoms with E-state index in [1.807, 2.05) is 0 Å². The van der Waals surface area contributed by atoms with Crippen molar-refractivity contribution in [1.29, 1.82) is 0 Å². The largest absolute Gasteiger partial charge is 0.490 e. The Morgan fingerprint density at radius 2 is 1.93 bits per heavy atom. The summed E-state index contributed by atoms with van der Waals surface area (Å²) in [6.45, 7) is 0.783. The fourth-order valence-electron chi connectivity index (χ4n) is 3.09. The van der Waals surface area contributed by atoms with E-state index in [1.165, 1.54) is 18.5 Å². The summed E-state index contributed by atoms with van der Waals surface area (Å²) in [5, 5.41) is 6.58. The molecule has 0 bridgehead atoms. The standard InChI is InChI=1S/C20H17F2N5O3/c1-29-7-8-30-11-5-6-15(24-9-11)12-10-27(18-13(21)3-2-4-14(18)22)20(28)16-17(12)25-26-19(16)23/h2-6,9-10H,7-8H2,1H3,(H3,23,25,26). The number of nitrogens with two attached hydrogens (primary N) is 1. The summed E-state index contributed by atoms with van der Waals surface area (Å²) in [4.78, 5) is 17.3. The van der Waals surface area contributed by atoms with Crippen molar-refractivity contribution >= 4 is 16.7 Å². The minimum Gasteiger partial charge on any atom is -0.490 e. The van der Waals surface area contributed by atoms with E-state index in [0.29, 0.717) is 35.7 Å². The van der Waals surface area contributed by atoms with Crippen molar-refractivity contribution in [3.05, 3.63) is 64.7 Å². The molecule has 30 heavy (non-hydrogen) atoms. The first-order valence-corrected chi connectivity index (χ1v) is 8.93. The Hall–Kier alpha value is -3.79. The Morgan fingerprint density at radius 3 is 2.60 bits per heavy atom. The third-order valence-corrected chi connectivity index (χ3v) is 4.50. The van der Waals surface area contributed by atoms with Crippen molar-refractivity contribution in [3.8, 4) is 22.7 Å². The molecule has 0 unspecified atom stereocenters. The lowest BCUT2D eigenvalue weighted by Gasteiger charge is -2.12. The van der Waals surface area contributed by atoms with Gasteiger partial charge in [-0.05, 0) is 24.3 Å². The van der Waals surface area contributed by atoms with Crippen LogP contribution in [-0.4, -0.2) is 40.1 Å². The summed E-state index contributed by atoms with van der Waals surface area (Å²) >= 11 is 0. The summed E-state index contributed by atoms with van der Waals surface area (Å²) in [6.07, 6.45) is 2.80. The molecule has 154 valence electrons. The maximum atomic E-state index is 14.4. The van der Waals surface area contributed by atoms with Gasteiger partial charge in [-0.3, -0.25) is 19.4 Å². The number of hydrogen-bond donors (Lipinski definition) is 2. The van der Waals surface area contributed by atoms with E-state index in [-0.39, 0.29) is 11.2 Å². The number of aromatic nitrogens is 4. The fourth-order valence-corrected chi connectivity index (χ4v) is 3.09. The van der Waals surface area contributed by atoms with Crippen molar-refractivity contribution < 1.29 is 18.3 Å². The molecule has 0 spiro atoms. The predicted octanol–water partition coefficient (Wildman–Crippen LogP) is 2.66. The van der Waals surface area contributed by atoms with Crippen molar-refractivity contribution in [1.82, 2.24) is 19.7 Å². The second kappa shape index (κ2) is 7.91. The highest BCUT2D eigenvalue weighted by Crippen LogP contribution is 2.29. The van der Waals surface area contributed by atoms with Crippen LogP contribution < -0.4 is 16.0 Å². The van der Waals surface area contributed by atoms with Gasteiger partial charge in [0.15, 0.2) is 5.82 Å². The number of halogens is 2. The van der Waals surface area contributed by atoms with E-state index in [1.54, 1.807) is 19.2 Å². The lowest BCUT2D eigenvalue weighted by Crippen LogP contribution is -2.21. The van der Waals surface area contributed by atoms with Crippen molar-refractivity contribution in [2.24, 2.45) is 0 Å².